The van der Waals surface area contributed by atoms with Gasteiger partial charge in [0.1, 0.15) is 0 Å². The topological polar surface area (TPSA) is 40.5 Å². The largest absolute Gasteiger partial charge is 0.481 e. The van der Waals surface area contributed by atoms with Crippen LogP contribution in [0.5, 0.6) is 0 Å². The number of hydrogen-bond donors (Lipinski definition) is 1. The lowest BCUT2D eigenvalue weighted by Crippen LogP contribution is -2.48. The summed E-state index contributed by atoms with van der Waals surface area (Å²) in [7, 11) is 0. The van der Waals surface area contributed by atoms with Gasteiger partial charge >= 0.3 is 5.97 Å². The summed E-state index contributed by atoms with van der Waals surface area (Å²) in [4.78, 5) is 13.3. The maximum atomic E-state index is 10.8. The van der Waals surface area contributed by atoms with Gasteiger partial charge in [-0.15, -0.1) is 0 Å². The van der Waals surface area contributed by atoms with Gasteiger partial charge in [-0.3, -0.25) is 9.69 Å². The van der Waals surface area contributed by atoms with Gasteiger partial charge in [0.15, 0.2) is 0 Å². The van der Waals surface area contributed by atoms with Crippen LogP contribution in [-0.4, -0.2) is 34.6 Å². The second-order valence-electron chi connectivity index (χ2n) is 4.81. The lowest BCUT2D eigenvalue weighted by molar-refractivity contribution is -0.139. The number of rotatable bonds is 4. The van der Waals surface area contributed by atoms with E-state index in [4.69, 9.17) is 5.11 Å². The fourth-order valence-electron chi connectivity index (χ4n) is 2.84. The molecule has 0 bridgehead atoms. The second kappa shape index (κ2) is 5.50. The van der Waals surface area contributed by atoms with Crippen molar-refractivity contribution in [3.63, 3.8) is 0 Å². The summed E-state index contributed by atoms with van der Waals surface area (Å²) in [5.74, 6) is -0.298. The van der Waals surface area contributed by atoms with Gasteiger partial charge in [-0.25, -0.2) is 0 Å². The number of aliphatic carboxylic acids is 1. The molecule has 0 aromatic rings. The number of nitrogens with zero attached hydrogens (tertiary/aromatic N) is 1. The van der Waals surface area contributed by atoms with Crippen LogP contribution in [0, 0.1) is 5.92 Å². The molecule has 1 rings (SSSR count). The molecular formula is C12H23NO2. The van der Waals surface area contributed by atoms with Crippen molar-refractivity contribution in [2.75, 3.05) is 6.54 Å². The van der Waals surface area contributed by atoms with Crippen LogP contribution in [0.1, 0.15) is 46.5 Å². The molecule has 0 aromatic heterocycles. The molecule has 0 saturated carbocycles. The molecule has 3 nitrogen and oxygen atoms in total. The van der Waals surface area contributed by atoms with Crippen molar-refractivity contribution in [1.29, 1.82) is 0 Å². The van der Waals surface area contributed by atoms with Crippen molar-refractivity contribution in [2.45, 2.75) is 58.5 Å². The minimum absolute atomic E-state index is 0.335. The Morgan fingerprint density at radius 3 is 2.67 bits per heavy atom. The third-order valence-corrected chi connectivity index (χ3v) is 3.48. The van der Waals surface area contributed by atoms with Gasteiger partial charge in [-0.1, -0.05) is 6.92 Å². The lowest BCUT2D eigenvalue weighted by atomic mass is 9.84. The molecule has 1 saturated heterocycles. The molecule has 2 atom stereocenters. The van der Waals surface area contributed by atoms with E-state index in [9.17, 15) is 4.79 Å². The molecule has 0 spiro atoms. The van der Waals surface area contributed by atoms with E-state index in [-0.39, 0.29) is 0 Å². The molecule has 1 fully saturated rings. The SMILES string of the molecule is CCC1C(CC(=O)O)CCCN1C(C)C. The van der Waals surface area contributed by atoms with E-state index >= 15 is 0 Å². The Hall–Kier alpha value is -0.570. The molecule has 2 unspecified atom stereocenters. The summed E-state index contributed by atoms with van der Waals surface area (Å²) < 4.78 is 0. The Morgan fingerprint density at radius 2 is 2.20 bits per heavy atom. The van der Waals surface area contributed by atoms with Gasteiger partial charge < -0.3 is 5.11 Å². The van der Waals surface area contributed by atoms with E-state index in [2.05, 4.69) is 25.7 Å². The molecule has 88 valence electrons. The van der Waals surface area contributed by atoms with Crippen molar-refractivity contribution in [1.82, 2.24) is 4.90 Å². The molecule has 1 aliphatic rings. The van der Waals surface area contributed by atoms with E-state index in [0.29, 0.717) is 24.4 Å². The van der Waals surface area contributed by atoms with Crippen LogP contribution >= 0.6 is 0 Å². The van der Waals surface area contributed by atoms with Crippen LogP contribution in [0.4, 0.5) is 0 Å². The van der Waals surface area contributed by atoms with Crippen molar-refractivity contribution < 1.29 is 9.90 Å². The first-order chi connectivity index (χ1) is 7.06. The molecule has 1 aliphatic heterocycles. The van der Waals surface area contributed by atoms with Crippen LogP contribution in [0.25, 0.3) is 0 Å². The van der Waals surface area contributed by atoms with Crippen molar-refractivity contribution in [2.24, 2.45) is 5.92 Å². The summed E-state index contributed by atoms with van der Waals surface area (Å²) in [6, 6.07) is 1.00. The predicted molar refractivity (Wildman–Crippen MR) is 60.9 cm³/mol. The van der Waals surface area contributed by atoms with Gasteiger partial charge in [0, 0.05) is 18.5 Å². The Morgan fingerprint density at radius 1 is 1.53 bits per heavy atom. The van der Waals surface area contributed by atoms with Crippen molar-refractivity contribution in [3.05, 3.63) is 0 Å². The summed E-state index contributed by atoms with van der Waals surface area (Å²) >= 11 is 0. The highest BCUT2D eigenvalue weighted by Gasteiger charge is 2.32. The molecule has 15 heavy (non-hydrogen) atoms. The van der Waals surface area contributed by atoms with E-state index < -0.39 is 5.97 Å². The normalized spacial score (nSPS) is 28.3. The average Bonchev–Trinajstić information content (AvgIpc) is 2.16. The number of carboxylic acid groups (broad SMARTS) is 1. The smallest absolute Gasteiger partial charge is 0.303 e. The van der Waals surface area contributed by atoms with Crippen LogP contribution in [0.15, 0.2) is 0 Å². The van der Waals surface area contributed by atoms with Crippen LogP contribution in [0.2, 0.25) is 0 Å². The number of piperidine rings is 1. The Balaban J connectivity index is 2.66. The van der Waals surface area contributed by atoms with Gasteiger partial charge in [0.25, 0.3) is 0 Å². The highest BCUT2D eigenvalue weighted by molar-refractivity contribution is 5.67. The summed E-state index contributed by atoms with van der Waals surface area (Å²) in [5.41, 5.74) is 0. The summed E-state index contributed by atoms with van der Waals surface area (Å²) in [6.45, 7) is 7.70. The first kappa shape index (κ1) is 12.5. The fourth-order valence-corrected chi connectivity index (χ4v) is 2.84. The standard InChI is InChI=1S/C12H23NO2/c1-4-11-10(8-12(14)15)6-5-7-13(11)9(2)3/h9-11H,4-8H2,1-3H3,(H,14,15). The fraction of sp³-hybridized carbons (Fsp3) is 0.917. The Labute approximate surface area is 92.5 Å². The molecule has 1 N–H and O–H groups in total. The Kier molecular flexibility index (Phi) is 4.58. The van der Waals surface area contributed by atoms with Crippen LogP contribution < -0.4 is 0 Å². The zero-order valence-electron chi connectivity index (χ0n) is 10.1. The molecule has 0 amide bonds. The van der Waals surface area contributed by atoms with Gasteiger partial charge in [0.2, 0.25) is 0 Å². The maximum Gasteiger partial charge on any atom is 0.303 e. The highest BCUT2D eigenvalue weighted by atomic mass is 16.4. The number of hydrogen-bond acceptors (Lipinski definition) is 2. The van der Waals surface area contributed by atoms with Gasteiger partial charge in [-0.05, 0) is 45.6 Å². The minimum Gasteiger partial charge on any atom is -0.481 e. The average molecular weight is 213 g/mol. The van der Waals surface area contributed by atoms with Crippen LogP contribution in [0.3, 0.4) is 0 Å². The van der Waals surface area contributed by atoms with E-state index in [1.165, 1.54) is 0 Å². The van der Waals surface area contributed by atoms with Gasteiger partial charge in [-0.2, -0.15) is 0 Å². The number of carboxylic acids is 1. The highest BCUT2D eigenvalue weighted by Crippen LogP contribution is 2.29. The number of carbonyl (C=O) groups is 1. The Bertz CT molecular complexity index is 216. The summed E-state index contributed by atoms with van der Waals surface area (Å²) in [5, 5.41) is 8.89. The maximum absolute atomic E-state index is 10.8. The molecule has 1 heterocycles. The third kappa shape index (κ3) is 3.20. The van der Waals surface area contributed by atoms with Gasteiger partial charge in [0.05, 0.1) is 0 Å². The van der Waals surface area contributed by atoms with Crippen LogP contribution in [-0.2, 0) is 4.79 Å². The number of likely N-dealkylation sites (tertiary alicyclic amines) is 1. The van der Waals surface area contributed by atoms with Crippen molar-refractivity contribution >= 4 is 5.97 Å². The molecule has 0 radical (unpaired) electrons. The molecule has 0 aliphatic carbocycles. The quantitative estimate of drug-likeness (QED) is 0.779. The zero-order valence-corrected chi connectivity index (χ0v) is 10.1. The third-order valence-electron chi connectivity index (χ3n) is 3.48. The zero-order chi connectivity index (χ0) is 11.4. The first-order valence-electron chi connectivity index (χ1n) is 6.03. The predicted octanol–water partition coefficient (Wildman–Crippen LogP) is 2.36. The molecule has 3 heteroatoms. The first-order valence-corrected chi connectivity index (χ1v) is 6.03. The van der Waals surface area contributed by atoms with E-state index in [0.717, 1.165) is 25.8 Å². The monoisotopic (exact) mass is 213 g/mol. The summed E-state index contributed by atoms with van der Waals surface area (Å²) in [6.07, 6.45) is 3.62. The lowest BCUT2D eigenvalue weighted by Gasteiger charge is -2.43. The molecular weight excluding hydrogens is 190 g/mol. The molecule has 0 aromatic carbocycles. The van der Waals surface area contributed by atoms with E-state index in [1.54, 1.807) is 0 Å². The minimum atomic E-state index is -0.649. The van der Waals surface area contributed by atoms with E-state index in [1.807, 2.05) is 0 Å². The van der Waals surface area contributed by atoms with Crippen molar-refractivity contribution in [3.8, 4) is 0 Å². The second-order valence-corrected chi connectivity index (χ2v) is 4.81.